The summed E-state index contributed by atoms with van der Waals surface area (Å²) in [5, 5.41) is 19.5. The smallest absolute Gasteiger partial charge is 0.101 e. The van der Waals surface area contributed by atoms with Crippen LogP contribution in [0, 0.1) is 5.92 Å². The van der Waals surface area contributed by atoms with E-state index in [-0.39, 0.29) is 6.42 Å². The van der Waals surface area contributed by atoms with E-state index in [0.29, 0.717) is 12.3 Å². The maximum Gasteiger partial charge on any atom is 0.101 e. The molecule has 0 aliphatic carbocycles. The van der Waals surface area contributed by atoms with E-state index in [9.17, 15) is 15.0 Å². The topological polar surface area (TPSA) is 60.4 Å². The Balaban J connectivity index is 3.83. The molecule has 0 bridgehead atoms. The summed E-state index contributed by atoms with van der Waals surface area (Å²) < 4.78 is 0. The largest absolute Gasteiger partial charge is 0.547 e. The number of aliphatic hydroxyl groups is 1. The van der Waals surface area contributed by atoms with Crippen LogP contribution in [0.3, 0.4) is 0 Å². The number of rotatable bonds is 4. The van der Waals surface area contributed by atoms with Gasteiger partial charge in [0.15, 0.2) is 0 Å². The van der Waals surface area contributed by atoms with E-state index in [1.807, 2.05) is 13.8 Å². The molecule has 1 N–H and O–H groups in total. The zero-order valence-electron chi connectivity index (χ0n) is 7.26. The molecule has 66 valence electrons. The van der Waals surface area contributed by atoms with E-state index in [1.165, 1.54) is 6.92 Å². The predicted octanol–water partition coefficient (Wildman–Crippen LogP) is -0.0765. The first-order valence-corrected chi connectivity index (χ1v) is 3.80. The van der Waals surface area contributed by atoms with Crippen molar-refractivity contribution in [2.75, 3.05) is 0 Å². The van der Waals surface area contributed by atoms with Crippen LogP contribution in [-0.2, 0) is 4.79 Å². The fourth-order valence-corrected chi connectivity index (χ4v) is 0.672. The van der Waals surface area contributed by atoms with Gasteiger partial charge in [0.05, 0.1) is 5.97 Å². The highest BCUT2D eigenvalue weighted by Gasteiger charge is 2.21. The third-order valence-corrected chi connectivity index (χ3v) is 1.65. The molecule has 0 aromatic heterocycles. The van der Waals surface area contributed by atoms with E-state index in [1.54, 1.807) is 0 Å². The Labute approximate surface area is 67.0 Å². The molecule has 0 saturated carbocycles. The first kappa shape index (κ1) is 10.4. The van der Waals surface area contributed by atoms with Crippen LogP contribution in [-0.4, -0.2) is 16.7 Å². The van der Waals surface area contributed by atoms with Crippen molar-refractivity contribution in [1.82, 2.24) is 0 Å². The average molecular weight is 159 g/mol. The van der Waals surface area contributed by atoms with E-state index in [0.717, 1.165) is 0 Å². The lowest BCUT2D eigenvalue weighted by Crippen LogP contribution is -2.46. The Morgan fingerprint density at radius 2 is 2.09 bits per heavy atom. The minimum Gasteiger partial charge on any atom is -0.547 e. The molecule has 11 heavy (non-hydrogen) atoms. The van der Waals surface area contributed by atoms with E-state index in [2.05, 4.69) is 0 Å². The summed E-state index contributed by atoms with van der Waals surface area (Å²) in [6, 6.07) is 0. The number of carboxylic acid groups (broad SMARTS) is 1. The lowest BCUT2D eigenvalue weighted by atomic mass is 9.96. The van der Waals surface area contributed by atoms with Crippen LogP contribution >= 0.6 is 0 Å². The molecule has 0 aromatic carbocycles. The number of carboxylic acids is 1. The summed E-state index contributed by atoms with van der Waals surface area (Å²) in [6.45, 7) is 5.22. The van der Waals surface area contributed by atoms with Crippen LogP contribution in [0.2, 0.25) is 0 Å². The van der Waals surface area contributed by atoms with Gasteiger partial charge in [0.1, 0.15) is 5.60 Å². The van der Waals surface area contributed by atoms with Crippen molar-refractivity contribution in [3.63, 3.8) is 0 Å². The monoisotopic (exact) mass is 159 g/mol. The maximum absolute atomic E-state index is 10.3. The second-order valence-corrected chi connectivity index (χ2v) is 3.49. The highest BCUT2D eigenvalue weighted by molar-refractivity contribution is 5.74. The van der Waals surface area contributed by atoms with E-state index in [4.69, 9.17) is 0 Å². The molecular weight excluding hydrogens is 144 g/mol. The summed E-state index contributed by atoms with van der Waals surface area (Å²) in [5.41, 5.74) is -1.66. The van der Waals surface area contributed by atoms with Crippen LogP contribution in [0.5, 0.6) is 0 Å². The van der Waals surface area contributed by atoms with Gasteiger partial charge >= 0.3 is 0 Å². The Bertz CT molecular complexity index is 138. The van der Waals surface area contributed by atoms with Gasteiger partial charge in [-0.1, -0.05) is 13.8 Å². The number of aliphatic carboxylic acids is 1. The molecule has 0 spiro atoms. The summed E-state index contributed by atoms with van der Waals surface area (Å²) in [5.74, 6) is -0.987. The van der Waals surface area contributed by atoms with E-state index >= 15 is 0 Å². The van der Waals surface area contributed by atoms with Crippen molar-refractivity contribution in [2.45, 2.75) is 39.2 Å². The zero-order chi connectivity index (χ0) is 9.07. The summed E-state index contributed by atoms with van der Waals surface area (Å²) in [6.07, 6.45) is 0.952. The fraction of sp³-hybridized carbons (Fsp3) is 0.875. The van der Waals surface area contributed by atoms with E-state index < -0.39 is 11.6 Å². The summed E-state index contributed by atoms with van der Waals surface area (Å²) in [4.78, 5) is 10.3. The van der Waals surface area contributed by atoms with Gasteiger partial charge in [0.2, 0.25) is 0 Å². The Hall–Kier alpha value is -0.570. The van der Waals surface area contributed by atoms with Crippen molar-refractivity contribution < 1.29 is 15.0 Å². The van der Waals surface area contributed by atoms with Crippen LogP contribution in [0.4, 0.5) is 0 Å². The number of hydrogen-bond donors (Lipinski definition) is 1. The van der Waals surface area contributed by atoms with Crippen molar-refractivity contribution in [1.29, 1.82) is 0 Å². The van der Waals surface area contributed by atoms with Crippen molar-refractivity contribution in [3.05, 3.63) is 0 Å². The van der Waals surface area contributed by atoms with Gasteiger partial charge in [0.25, 0.3) is 0 Å². The molecule has 0 radical (unpaired) electrons. The van der Waals surface area contributed by atoms with Crippen molar-refractivity contribution in [3.8, 4) is 0 Å². The van der Waals surface area contributed by atoms with Crippen LogP contribution in [0.15, 0.2) is 0 Å². The summed E-state index contributed by atoms with van der Waals surface area (Å²) >= 11 is 0. The predicted molar refractivity (Wildman–Crippen MR) is 39.7 cm³/mol. The first-order valence-electron chi connectivity index (χ1n) is 3.80. The quantitative estimate of drug-likeness (QED) is 0.624. The molecule has 3 heteroatoms. The first-order chi connectivity index (χ1) is 4.86. The van der Waals surface area contributed by atoms with Gasteiger partial charge in [-0.15, -0.1) is 0 Å². The Morgan fingerprint density at radius 1 is 1.64 bits per heavy atom. The molecule has 1 unspecified atom stereocenters. The molecule has 0 aliphatic heterocycles. The number of carbonyl (C=O) groups is 1. The van der Waals surface area contributed by atoms with Gasteiger partial charge in [-0.3, -0.25) is 0 Å². The molecule has 0 saturated heterocycles. The Kier molecular flexibility index (Phi) is 3.52. The van der Waals surface area contributed by atoms with Crippen LogP contribution in [0.25, 0.3) is 0 Å². The molecule has 0 aromatic rings. The normalized spacial score (nSPS) is 16.5. The van der Waals surface area contributed by atoms with Gasteiger partial charge in [-0.2, -0.15) is 0 Å². The standard InChI is InChI=1S/C8H16O3/c1-6(2)4-5-8(3,11)7(9)10/h6,11H,4-5H2,1-3H3,(H,9,10)/p-1. The lowest BCUT2D eigenvalue weighted by molar-refractivity contribution is -0.324. The van der Waals surface area contributed by atoms with Crippen molar-refractivity contribution >= 4 is 5.97 Å². The molecule has 0 rings (SSSR count). The Morgan fingerprint density at radius 3 is 2.36 bits per heavy atom. The minimum atomic E-state index is -1.66. The lowest BCUT2D eigenvalue weighted by Gasteiger charge is -2.24. The molecule has 3 nitrogen and oxygen atoms in total. The molecule has 0 fully saturated rings. The minimum absolute atomic E-state index is 0.257. The SMILES string of the molecule is CC(C)CCC(C)(O)C(=O)[O-]. The highest BCUT2D eigenvalue weighted by atomic mass is 16.4. The van der Waals surface area contributed by atoms with Gasteiger partial charge in [-0.05, 0) is 25.7 Å². The molecule has 0 aliphatic rings. The van der Waals surface area contributed by atoms with Gasteiger partial charge in [-0.25, -0.2) is 0 Å². The third-order valence-electron chi connectivity index (χ3n) is 1.65. The molecule has 0 amide bonds. The zero-order valence-corrected chi connectivity index (χ0v) is 7.26. The van der Waals surface area contributed by atoms with Gasteiger partial charge in [0, 0.05) is 0 Å². The average Bonchev–Trinajstić information content (AvgIpc) is 1.84. The molecular formula is C8H15O3-. The summed E-state index contributed by atoms with van der Waals surface area (Å²) in [7, 11) is 0. The van der Waals surface area contributed by atoms with Gasteiger partial charge < -0.3 is 15.0 Å². The van der Waals surface area contributed by atoms with Crippen LogP contribution in [0.1, 0.15) is 33.6 Å². The maximum atomic E-state index is 10.3. The van der Waals surface area contributed by atoms with Crippen molar-refractivity contribution in [2.24, 2.45) is 5.92 Å². The number of hydrogen-bond acceptors (Lipinski definition) is 3. The fourth-order valence-electron chi connectivity index (χ4n) is 0.672. The second-order valence-electron chi connectivity index (χ2n) is 3.49. The third kappa shape index (κ3) is 3.98. The second kappa shape index (κ2) is 3.72. The highest BCUT2D eigenvalue weighted by Crippen LogP contribution is 2.15. The molecule has 0 heterocycles. The number of carbonyl (C=O) groups excluding carboxylic acids is 1. The van der Waals surface area contributed by atoms with Crippen LogP contribution < -0.4 is 5.11 Å². The molecule has 1 atom stereocenters.